The van der Waals surface area contributed by atoms with Gasteiger partial charge in [0.25, 0.3) is 0 Å². The van der Waals surface area contributed by atoms with Crippen LogP contribution in [0.1, 0.15) is 46.0 Å². The van der Waals surface area contributed by atoms with Crippen LogP contribution in [0, 0.1) is 0 Å². The first kappa shape index (κ1) is 10.4. The van der Waals surface area contributed by atoms with Gasteiger partial charge >= 0.3 is 0 Å². The van der Waals surface area contributed by atoms with Crippen molar-refractivity contribution in [2.75, 3.05) is 7.05 Å². The van der Waals surface area contributed by atoms with Gasteiger partial charge in [-0.1, -0.05) is 6.92 Å². The standard InChI is InChI=1S/C12H24N2/c1-4-9(2)14(3)12-7-10-5-6-11(8-12)13-10/h9-13H,4-8H2,1-3H3. The lowest BCUT2D eigenvalue weighted by Crippen LogP contribution is -2.49. The number of nitrogens with one attached hydrogen (secondary N) is 1. The molecule has 82 valence electrons. The number of rotatable bonds is 3. The second-order valence-corrected chi connectivity index (χ2v) is 5.19. The molecular weight excluding hydrogens is 172 g/mol. The van der Waals surface area contributed by atoms with Gasteiger partial charge in [-0.2, -0.15) is 0 Å². The fraction of sp³-hybridized carbons (Fsp3) is 1.00. The molecule has 0 aromatic carbocycles. The fourth-order valence-corrected chi connectivity index (χ4v) is 3.01. The van der Waals surface area contributed by atoms with Gasteiger partial charge in [0, 0.05) is 24.2 Å². The largest absolute Gasteiger partial charge is 0.311 e. The highest BCUT2D eigenvalue weighted by molar-refractivity contribution is 4.95. The van der Waals surface area contributed by atoms with Crippen molar-refractivity contribution in [1.82, 2.24) is 10.2 Å². The Labute approximate surface area is 88.1 Å². The molecule has 2 bridgehead atoms. The molecule has 2 aliphatic rings. The molecule has 0 aromatic rings. The Balaban J connectivity index is 1.92. The Morgan fingerprint density at radius 2 is 1.86 bits per heavy atom. The van der Waals surface area contributed by atoms with Gasteiger partial charge in [-0.05, 0) is 46.1 Å². The van der Waals surface area contributed by atoms with Crippen molar-refractivity contribution in [1.29, 1.82) is 0 Å². The Morgan fingerprint density at radius 3 is 2.36 bits per heavy atom. The Kier molecular flexibility index (Phi) is 3.13. The summed E-state index contributed by atoms with van der Waals surface area (Å²) in [5.41, 5.74) is 0. The summed E-state index contributed by atoms with van der Waals surface area (Å²) in [5.74, 6) is 0. The first-order valence-electron chi connectivity index (χ1n) is 6.18. The SMILES string of the molecule is CCC(C)N(C)C1CC2CCC(C1)N2. The van der Waals surface area contributed by atoms with Crippen molar-refractivity contribution in [3.8, 4) is 0 Å². The van der Waals surface area contributed by atoms with Crippen molar-refractivity contribution >= 4 is 0 Å². The van der Waals surface area contributed by atoms with E-state index in [0.717, 1.165) is 24.2 Å². The lowest BCUT2D eigenvalue weighted by molar-refractivity contribution is 0.130. The van der Waals surface area contributed by atoms with E-state index in [1.165, 1.54) is 32.1 Å². The van der Waals surface area contributed by atoms with E-state index in [-0.39, 0.29) is 0 Å². The van der Waals surface area contributed by atoms with Gasteiger partial charge in [0.2, 0.25) is 0 Å². The van der Waals surface area contributed by atoms with Crippen LogP contribution in [0.4, 0.5) is 0 Å². The average Bonchev–Trinajstić information content (AvgIpc) is 2.55. The van der Waals surface area contributed by atoms with Crippen LogP contribution in [0.25, 0.3) is 0 Å². The minimum Gasteiger partial charge on any atom is -0.311 e. The maximum Gasteiger partial charge on any atom is 0.0125 e. The molecule has 2 nitrogen and oxygen atoms in total. The molecule has 0 spiro atoms. The zero-order chi connectivity index (χ0) is 10.1. The maximum absolute atomic E-state index is 3.71. The quantitative estimate of drug-likeness (QED) is 0.742. The molecule has 0 saturated carbocycles. The van der Waals surface area contributed by atoms with Crippen LogP contribution >= 0.6 is 0 Å². The van der Waals surface area contributed by atoms with Crippen LogP contribution < -0.4 is 5.32 Å². The first-order chi connectivity index (χ1) is 6.70. The number of piperidine rings is 1. The third-order valence-electron chi connectivity index (χ3n) is 4.31. The molecule has 14 heavy (non-hydrogen) atoms. The highest BCUT2D eigenvalue weighted by Crippen LogP contribution is 2.30. The zero-order valence-electron chi connectivity index (χ0n) is 9.79. The summed E-state index contributed by atoms with van der Waals surface area (Å²) in [6.45, 7) is 4.64. The van der Waals surface area contributed by atoms with Gasteiger partial charge in [0.1, 0.15) is 0 Å². The van der Waals surface area contributed by atoms with Crippen molar-refractivity contribution in [2.45, 2.75) is 70.1 Å². The number of hydrogen-bond donors (Lipinski definition) is 1. The summed E-state index contributed by atoms with van der Waals surface area (Å²) in [5, 5.41) is 3.71. The van der Waals surface area contributed by atoms with E-state index in [2.05, 4.69) is 31.1 Å². The van der Waals surface area contributed by atoms with E-state index in [4.69, 9.17) is 0 Å². The van der Waals surface area contributed by atoms with Gasteiger partial charge in [0.15, 0.2) is 0 Å². The molecule has 2 saturated heterocycles. The number of hydrogen-bond acceptors (Lipinski definition) is 2. The van der Waals surface area contributed by atoms with Gasteiger partial charge in [-0.25, -0.2) is 0 Å². The predicted molar refractivity (Wildman–Crippen MR) is 60.5 cm³/mol. The third kappa shape index (κ3) is 1.96. The van der Waals surface area contributed by atoms with E-state index < -0.39 is 0 Å². The minimum absolute atomic E-state index is 0.748. The molecule has 2 rings (SSSR count). The summed E-state index contributed by atoms with van der Waals surface area (Å²) >= 11 is 0. The maximum atomic E-state index is 3.71. The van der Waals surface area contributed by atoms with Crippen molar-refractivity contribution in [2.24, 2.45) is 0 Å². The van der Waals surface area contributed by atoms with E-state index in [1.54, 1.807) is 0 Å². The second-order valence-electron chi connectivity index (χ2n) is 5.19. The highest BCUT2D eigenvalue weighted by Gasteiger charge is 2.35. The Morgan fingerprint density at radius 1 is 1.29 bits per heavy atom. The molecule has 2 aliphatic heterocycles. The molecule has 0 aliphatic carbocycles. The Hall–Kier alpha value is -0.0800. The molecule has 0 radical (unpaired) electrons. The number of nitrogens with zero attached hydrogens (tertiary/aromatic N) is 1. The molecule has 2 fully saturated rings. The average molecular weight is 196 g/mol. The normalized spacial score (nSPS) is 39.0. The van der Waals surface area contributed by atoms with Gasteiger partial charge in [-0.3, -0.25) is 0 Å². The molecule has 2 heteroatoms. The van der Waals surface area contributed by atoms with Crippen molar-refractivity contribution < 1.29 is 0 Å². The molecule has 0 aromatic heterocycles. The van der Waals surface area contributed by atoms with Gasteiger partial charge in [-0.15, -0.1) is 0 Å². The second kappa shape index (κ2) is 4.19. The third-order valence-corrected chi connectivity index (χ3v) is 4.31. The van der Waals surface area contributed by atoms with E-state index >= 15 is 0 Å². The van der Waals surface area contributed by atoms with Gasteiger partial charge in [0.05, 0.1) is 0 Å². The van der Waals surface area contributed by atoms with Crippen LogP contribution in [-0.2, 0) is 0 Å². The number of fused-ring (bicyclic) bond motifs is 2. The van der Waals surface area contributed by atoms with Crippen LogP contribution in [0.5, 0.6) is 0 Å². The molecule has 2 heterocycles. The van der Waals surface area contributed by atoms with Crippen molar-refractivity contribution in [3.05, 3.63) is 0 Å². The smallest absolute Gasteiger partial charge is 0.0125 e. The fourth-order valence-electron chi connectivity index (χ4n) is 3.01. The lowest BCUT2D eigenvalue weighted by Gasteiger charge is -2.38. The summed E-state index contributed by atoms with van der Waals surface area (Å²) < 4.78 is 0. The first-order valence-corrected chi connectivity index (χ1v) is 6.18. The highest BCUT2D eigenvalue weighted by atomic mass is 15.2. The van der Waals surface area contributed by atoms with E-state index in [9.17, 15) is 0 Å². The van der Waals surface area contributed by atoms with Crippen LogP contribution in [0.2, 0.25) is 0 Å². The molecule has 3 unspecified atom stereocenters. The zero-order valence-corrected chi connectivity index (χ0v) is 9.79. The van der Waals surface area contributed by atoms with Crippen LogP contribution in [0.15, 0.2) is 0 Å². The van der Waals surface area contributed by atoms with Gasteiger partial charge < -0.3 is 10.2 Å². The van der Waals surface area contributed by atoms with Crippen molar-refractivity contribution in [3.63, 3.8) is 0 Å². The predicted octanol–water partition coefficient (Wildman–Crippen LogP) is 2.00. The summed E-state index contributed by atoms with van der Waals surface area (Å²) in [6.07, 6.45) is 6.84. The summed E-state index contributed by atoms with van der Waals surface area (Å²) in [7, 11) is 2.31. The Bertz CT molecular complexity index is 181. The molecule has 3 atom stereocenters. The lowest BCUT2D eigenvalue weighted by atomic mass is 9.97. The topological polar surface area (TPSA) is 15.3 Å². The van der Waals surface area contributed by atoms with Crippen LogP contribution in [0.3, 0.4) is 0 Å². The minimum atomic E-state index is 0.748. The van der Waals surface area contributed by atoms with E-state index in [1.807, 2.05) is 0 Å². The summed E-state index contributed by atoms with van der Waals surface area (Å²) in [6, 6.07) is 3.23. The van der Waals surface area contributed by atoms with E-state index in [0.29, 0.717) is 0 Å². The monoisotopic (exact) mass is 196 g/mol. The molecule has 0 amide bonds. The molecular formula is C12H24N2. The van der Waals surface area contributed by atoms with Crippen LogP contribution in [-0.4, -0.2) is 36.1 Å². The summed E-state index contributed by atoms with van der Waals surface area (Å²) in [4.78, 5) is 2.60. The molecule has 1 N–H and O–H groups in total.